The van der Waals surface area contributed by atoms with Crippen LogP contribution in [0.4, 0.5) is 0 Å². The van der Waals surface area contributed by atoms with E-state index in [0.717, 1.165) is 28.1 Å². The second-order valence-corrected chi connectivity index (χ2v) is 5.46. The third-order valence-corrected chi connectivity index (χ3v) is 3.98. The molecule has 1 aromatic heterocycles. The molecule has 5 heteroatoms. The van der Waals surface area contributed by atoms with Gasteiger partial charge in [-0.15, -0.1) is 0 Å². The number of halogens is 3. The van der Waals surface area contributed by atoms with Gasteiger partial charge in [0.15, 0.2) is 0 Å². The van der Waals surface area contributed by atoms with Crippen LogP contribution in [0, 0.1) is 6.92 Å². The molecule has 2 aromatic rings. The Labute approximate surface area is 119 Å². The van der Waals surface area contributed by atoms with E-state index in [4.69, 9.17) is 23.2 Å². The fourth-order valence-electron chi connectivity index (χ4n) is 1.65. The molecule has 0 bridgehead atoms. The number of nitrogens with zero attached hydrogens (tertiary/aromatic N) is 2. The first-order valence-electron chi connectivity index (χ1n) is 5.10. The third-order valence-electron chi connectivity index (χ3n) is 2.76. The van der Waals surface area contributed by atoms with Crippen LogP contribution in [0.2, 0.25) is 10.0 Å². The maximum atomic E-state index is 6.16. The SMILES string of the molecule is Cc1nc(Br)c(Cc2ccc(Cl)cc2Cl)n1C. The van der Waals surface area contributed by atoms with Gasteiger partial charge in [0.25, 0.3) is 0 Å². The minimum atomic E-state index is 0.652. The summed E-state index contributed by atoms with van der Waals surface area (Å²) in [5.41, 5.74) is 2.14. The number of imidazole rings is 1. The standard InChI is InChI=1S/C12H11BrCl2N2/c1-7-16-12(13)11(17(7)2)5-8-3-4-9(14)6-10(8)15/h3-4,6H,5H2,1-2H3. The van der Waals surface area contributed by atoms with Crippen LogP contribution in [0.25, 0.3) is 0 Å². The van der Waals surface area contributed by atoms with Crippen molar-refractivity contribution in [1.82, 2.24) is 9.55 Å². The van der Waals surface area contributed by atoms with Gasteiger partial charge in [0.1, 0.15) is 10.4 Å². The molecule has 0 N–H and O–H groups in total. The van der Waals surface area contributed by atoms with E-state index in [1.165, 1.54) is 0 Å². The van der Waals surface area contributed by atoms with Gasteiger partial charge in [-0.05, 0) is 40.5 Å². The van der Waals surface area contributed by atoms with Gasteiger partial charge in [-0.3, -0.25) is 0 Å². The Balaban J connectivity index is 2.38. The molecule has 0 fully saturated rings. The molecule has 1 heterocycles. The fraction of sp³-hybridized carbons (Fsp3) is 0.250. The average Bonchev–Trinajstić information content (AvgIpc) is 2.48. The fourth-order valence-corrected chi connectivity index (χ4v) is 2.79. The summed E-state index contributed by atoms with van der Waals surface area (Å²) in [5.74, 6) is 0.969. The van der Waals surface area contributed by atoms with Gasteiger partial charge in [-0.25, -0.2) is 4.98 Å². The van der Waals surface area contributed by atoms with Crippen molar-refractivity contribution in [2.45, 2.75) is 13.3 Å². The number of aromatic nitrogens is 2. The lowest BCUT2D eigenvalue weighted by molar-refractivity contribution is 0.805. The number of hydrogen-bond acceptors (Lipinski definition) is 1. The van der Waals surface area contributed by atoms with E-state index in [-0.39, 0.29) is 0 Å². The van der Waals surface area contributed by atoms with Crippen LogP contribution in [-0.2, 0) is 13.5 Å². The summed E-state index contributed by atoms with van der Waals surface area (Å²) < 4.78 is 2.91. The highest BCUT2D eigenvalue weighted by atomic mass is 79.9. The quantitative estimate of drug-likeness (QED) is 0.797. The van der Waals surface area contributed by atoms with Crippen molar-refractivity contribution in [3.05, 3.63) is 49.9 Å². The van der Waals surface area contributed by atoms with Crippen molar-refractivity contribution in [1.29, 1.82) is 0 Å². The summed E-state index contributed by atoms with van der Waals surface area (Å²) in [6.07, 6.45) is 0.730. The van der Waals surface area contributed by atoms with Gasteiger partial charge >= 0.3 is 0 Å². The van der Waals surface area contributed by atoms with Crippen molar-refractivity contribution in [3.8, 4) is 0 Å². The van der Waals surface area contributed by atoms with Crippen molar-refractivity contribution in [2.24, 2.45) is 7.05 Å². The molecule has 0 amide bonds. The van der Waals surface area contributed by atoms with E-state index in [1.807, 2.05) is 26.1 Å². The first-order chi connectivity index (χ1) is 7.99. The number of benzene rings is 1. The monoisotopic (exact) mass is 332 g/mol. The smallest absolute Gasteiger partial charge is 0.127 e. The molecule has 0 atom stereocenters. The highest BCUT2D eigenvalue weighted by molar-refractivity contribution is 9.10. The zero-order valence-electron chi connectivity index (χ0n) is 9.47. The number of aryl methyl sites for hydroxylation is 1. The predicted octanol–water partition coefficient (Wildman–Crippen LogP) is 4.39. The molecule has 0 aliphatic rings. The predicted molar refractivity (Wildman–Crippen MR) is 74.9 cm³/mol. The second-order valence-electron chi connectivity index (χ2n) is 3.87. The molecular weight excluding hydrogens is 323 g/mol. The van der Waals surface area contributed by atoms with E-state index in [1.54, 1.807) is 6.07 Å². The lowest BCUT2D eigenvalue weighted by Crippen LogP contribution is -2.00. The summed E-state index contributed by atoms with van der Waals surface area (Å²) in [4.78, 5) is 4.36. The third kappa shape index (κ3) is 2.67. The zero-order valence-corrected chi connectivity index (χ0v) is 12.6. The molecule has 17 heavy (non-hydrogen) atoms. The Kier molecular flexibility index (Phi) is 3.81. The molecule has 0 radical (unpaired) electrons. The molecule has 2 rings (SSSR count). The van der Waals surface area contributed by atoms with Crippen molar-refractivity contribution in [3.63, 3.8) is 0 Å². The van der Waals surface area contributed by atoms with Crippen LogP contribution in [0.3, 0.4) is 0 Å². The molecule has 0 spiro atoms. The van der Waals surface area contributed by atoms with E-state index in [0.29, 0.717) is 10.0 Å². The lowest BCUT2D eigenvalue weighted by Gasteiger charge is -2.07. The maximum absolute atomic E-state index is 6.16. The zero-order chi connectivity index (χ0) is 12.6. The first-order valence-corrected chi connectivity index (χ1v) is 6.65. The Morgan fingerprint density at radius 3 is 2.59 bits per heavy atom. The van der Waals surface area contributed by atoms with E-state index < -0.39 is 0 Å². The minimum Gasteiger partial charge on any atom is -0.334 e. The van der Waals surface area contributed by atoms with Crippen LogP contribution in [-0.4, -0.2) is 9.55 Å². The van der Waals surface area contributed by atoms with Crippen LogP contribution in [0.15, 0.2) is 22.8 Å². The van der Waals surface area contributed by atoms with Gasteiger partial charge in [0.05, 0.1) is 5.69 Å². The van der Waals surface area contributed by atoms with Crippen LogP contribution in [0.1, 0.15) is 17.1 Å². The largest absolute Gasteiger partial charge is 0.334 e. The van der Waals surface area contributed by atoms with E-state index >= 15 is 0 Å². The summed E-state index contributed by atoms with van der Waals surface area (Å²) in [6, 6.07) is 5.55. The van der Waals surface area contributed by atoms with Gasteiger partial charge in [0, 0.05) is 23.5 Å². The van der Waals surface area contributed by atoms with Crippen molar-refractivity contribution in [2.75, 3.05) is 0 Å². The minimum absolute atomic E-state index is 0.652. The summed E-state index contributed by atoms with van der Waals surface area (Å²) in [7, 11) is 1.99. The van der Waals surface area contributed by atoms with Crippen LogP contribution >= 0.6 is 39.1 Å². The normalized spacial score (nSPS) is 10.9. The highest BCUT2D eigenvalue weighted by Crippen LogP contribution is 2.26. The Morgan fingerprint density at radius 2 is 2.06 bits per heavy atom. The van der Waals surface area contributed by atoms with Crippen molar-refractivity contribution < 1.29 is 0 Å². The van der Waals surface area contributed by atoms with Gasteiger partial charge in [-0.1, -0.05) is 29.3 Å². The van der Waals surface area contributed by atoms with Gasteiger partial charge < -0.3 is 4.57 Å². The molecule has 0 aliphatic carbocycles. The molecule has 0 saturated carbocycles. The Bertz CT molecular complexity index is 564. The second kappa shape index (κ2) is 5.01. The van der Waals surface area contributed by atoms with E-state index in [2.05, 4.69) is 25.5 Å². The Hall–Kier alpha value is -0.510. The van der Waals surface area contributed by atoms with E-state index in [9.17, 15) is 0 Å². The van der Waals surface area contributed by atoms with Crippen LogP contribution < -0.4 is 0 Å². The molecule has 0 saturated heterocycles. The highest BCUT2D eigenvalue weighted by Gasteiger charge is 2.12. The summed E-state index contributed by atoms with van der Waals surface area (Å²) in [5, 5.41) is 1.34. The molecule has 0 aliphatic heterocycles. The van der Waals surface area contributed by atoms with Gasteiger partial charge in [0.2, 0.25) is 0 Å². The number of hydrogen-bond donors (Lipinski definition) is 0. The summed E-state index contributed by atoms with van der Waals surface area (Å²) in [6.45, 7) is 1.97. The maximum Gasteiger partial charge on any atom is 0.127 e. The molecular formula is C12H11BrCl2N2. The molecule has 2 nitrogen and oxygen atoms in total. The van der Waals surface area contributed by atoms with Crippen molar-refractivity contribution >= 4 is 39.1 Å². The first kappa shape index (κ1) is 12.9. The topological polar surface area (TPSA) is 17.8 Å². The Morgan fingerprint density at radius 1 is 1.35 bits per heavy atom. The molecule has 1 aromatic carbocycles. The molecule has 0 unspecified atom stereocenters. The van der Waals surface area contributed by atoms with Gasteiger partial charge in [-0.2, -0.15) is 0 Å². The van der Waals surface area contributed by atoms with Crippen LogP contribution in [0.5, 0.6) is 0 Å². The lowest BCUT2D eigenvalue weighted by atomic mass is 10.1. The summed E-state index contributed by atoms with van der Waals surface area (Å²) >= 11 is 15.5. The number of rotatable bonds is 2. The average molecular weight is 334 g/mol. The molecule has 90 valence electrons.